The number of hydrogen-bond donors (Lipinski definition) is 2. The van der Waals surface area contributed by atoms with Crippen LogP contribution in [0.15, 0.2) is 30.5 Å². The molecule has 0 saturated carbocycles. The van der Waals surface area contributed by atoms with E-state index in [0.29, 0.717) is 31.3 Å². The van der Waals surface area contributed by atoms with E-state index in [1.807, 2.05) is 38.1 Å². The first-order chi connectivity index (χ1) is 12.5. The number of hydrogen-bond acceptors (Lipinski definition) is 5. The Balaban J connectivity index is 1.77. The van der Waals surface area contributed by atoms with E-state index in [9.17, 15) is 9.59 Å². The molecule has 0 saturated heterocycles. The molecule has 8 nitrogen and oxygen atoms in total. The van der Waals surface area contributed by atoms with Gasteiger partial charge in [-0.15, -0.1) is 5.10 Å². The SMILES string of the molecule is COc1ccccc1CC(=O)NCCn1cc(C(=O)NCC(C)C)nn1. The van der Waals surface area contributed by atoms with Crippen molar-refractivity contribution in [3.63, 3.8) is 0 Å². The monoisotopic (exact) mass is 359 g/mol. The first kappa shape index (κ1) is 19.4. The zero-order valence-electron chi connectivity index (χ0n) is 15.4. The van der Waals surface area contributed by atoms with E-state index >= 15 is 0 Å². The molecule has 0 aliphatic rings. The van der Waals surface area contributed by atoms with Crippen LogP contribution in [-0.4, -0.2) is 47.0 Å². The number of nitrogens with zero attached hydrogens (tertiary/aromatic N) is 3. The minimum Gasteiger partial charge on any atom is -0.496 e. The summed E-state index contributed by atoms with van der Waals surface area (Å²) in [5, 5.41) is 13.4. The molecule has 0 bridgehead atoms. The van der Waals surface area contributed by atoms with Crippen molar-refractivity contribution < 1.29 is 14.3 Å². The van der Waals surface area contributed by atoms with E-state index in [1.54, 1.807) is 13.3 Å². The molecule has 1 heterocycles. The maximum Gasteiger partial charge on any atom is 0.273 e. The minimum absolute atomic E-state index is 0.107. The maximum absolute atomic E-state index is 12.1. The lowest BCUT2D eigenvalue weighted by Crippen LogP contribution is -2.29. The summed E-state index contributed by atoms with van der Waals surface area (Å²) in [5.41, 5.74) is 1.10. The summed E-state index contributed by atoms with van der Waals surface area (Å²) >= 11 is 0. The van der Waals surface area contributed by atoms with Crippen molar-refractivity contribution in [2.45, 2.75) is 26.8 Å². The molecule has 0 fully saturated rings. The van der Waals surface area contributed by atoms with Gasteiger partial charge in [0.15, 0.2) is 5.69 Å². The molecule has 140 valence electrons. The second-order valence-electron chi connectivity index (χ2n) is 6.31. The van der Waals surface area contributed by atoms with E-state index in [0.717, 1.165) is 5.56 Å². The maximum atomic E-state index is 12.1. The average molecular weight is 359 g/mol. The van der Waals surface area contributed by atoms with Gasteiger partial charge in [-0.1, -0.05) is 37.3 Å². The second kappa shape index (κ2) is 9.55. The molecule has 0 atom stereocenters. The highest BCUT2D eigenvalue weighted by molar-refractivity contribution is 5.91. The molecule has 0 aliphatic carbocycles. The van der Waals surface area contributed by atoms with Crippen LogP contribution in [0.1, 0.15) is 29.9 Å². The fraction of sp³-hybridized carbons (Fsp3) is 0.444. The van der Waals surface area contributed by atoms with Crippen molar-refractivity contribution in [3.8, 4) is 5.75 Å². The van der Waals surface area contributed by atoms with Crippen LogP contribution in [0.4, 0.5) is 0 Å². The van der Waals surface area contributed by atoms with Gasteiger partial charge in [-0.05, 0) is 12.0 Å². The van der Waals surface area contributed by atoms with Crippen LogP contribution in [0.25, 0.3) is 0 Å². The second-order valence-corrected chi connectivity index (χ2v) is 6.31. The molecule has 2 aromatic rings. The van der Waals surface area contributed by atoms with Gasteiger partial charge in [0.1, 0.15) is 5.75 Å². The number of ether oxygens (including phenoxy) is 1. The highest BCUT2D eigenvalue weighted by atomic mass is 16.5. The number of para-hydroxylation sites is 1. The summed E-state index contributed by atoms with van der Waals surface area (Å²) in [4.78, 5) is 24.0. The molecule has 0 aliphatic heterocycles. The first-order valence-corrected chi connectivity index (χ1v) is 8.56. The van der Waals surface area contributed by atoms with Gasteiger partial charge < -0.3 is 15.4 Å². The molecule has 1 aromatic heterocycles. The van der Waals surface area contributed by atoms with Gasteiger partial charge in [-0.3, -0.25) is 9.59 Å². The van der Waals surface area contributed by atoms with Crippen molar-refractivity contribution >= 4 is 11.8 Å². The number of amides is 2. The van der Waals surface area contributed by atoms with Gasteiger partial charge in [0.05, 0.1) is 26.3 Å². The lowest BCUT2D eigenvalue weighted by molar-refractivity contribution is -0.120. The van der Waals surface area contributed by atoms with Crippen LogP contribution in [0, 0.1) is 5.92 Å². The molecular formula is C18H25N5O3. The highest BCUT2D eigenvalue weighted by Gasteiger charge is 2.11. The Morgan fingerprint density at radius 2 is 2.00 bits per heavy atom. The smallest absolute Gasteiger partial charge is 0.273 e. The molecule has 1 aromatic carbocycles. The summed E-state index contributed by atoms with van der Waals surface area (Å²) in [6, 6.07) is 7.41. The van der Waals surface area contributed by atoms with E-state index in [2.05, 4.69) is 20.9 Å². The van der Waals surface area contributed by atoms with Gasteiger partial charge in [-0.2, -0.15) is 0 Å². The molecule has 0 unspecified atom stereocenters. The Morgan fingerprint density at radius 3 is 2.73 bits per heavy atom. The number of nitrogens with one attached hydrogen (secondary N) is 2. The van der Waals surface area contributed by atoms with Crippen LogP contribution in [0.3, 0.4) is 0 Å². The largest absolute Gasteiger partial charge is 0.496 e. The van der Waals surface area contributed by atoms with Crippen LogP contribution in [0.2, 0.25) is 0 Å². The Kier molecular flexibility index (Phi) is 7.13. The molecule has 0 spiro atoms. The number of aromatic nitrogens is 3. The molecule has 26 heavy (non-hydrogen) atoms. The van der Waals surface area contributed by atoms with E-state index in [-0.39, 0.29) is 23.9 Å². The highest BCUT2D eigenvalue weighted by Crippen LogP contribution is 2.17. The first-order valence-electron chi connectivity index (χ1n) is 8.56. The van der Waals surface area contributed by atoms with Gasteiger partial charge >= 0.3 is 0 Å². The lowest BCUT2D eigenvalue weighted by atomic mass is 10.1. The summed E-state index contributed by atoms with van der Waals surface area (Å²) in [6.45, 7) is 5.45. The van der Waals surface area contributed by atoms with E-state index in [1.165, 1.54) is 4.68 Å². The average Bonchev–Trinajstić information content (AvgIpc) is 3.09. The van der Waals surface area contributed by atoms with Crippen molar-refractivity contribution in [1.29, 1.82) is 0 Å². The number of rotatable bonds is 9. The Labute approximate surface area is 152 Å². The topological polar surface area (TPSA) is 98.1 Å². The van der Waals surface area contributed by atoms with Gasteiger partial charge in [0.25, 0.3) is 5.91 Å². The fourth-order valence-electron chi connectivity index (χ4n) is 2.29. The van der Waals surface area contributed by atoms with Crippen molar-refractivity contribution in [3.05, 3.63) is 41.7 Å². The van der Waals surface area contributed by atoms with Gasteiger partial charge in [0, 0.05) is 18.7 Å². The van der Waals surface area contributed by atoms with Crippen molar-refractivity contribution in [1.82, 2.24) is 25.6 Å². The van der Waals surface area contributed by atoms with Crippen LogP contribution in [0.5, 0.6) is 5.75 Å². The van der Waals surface area contributed by atoms with Gasteiger partial charge in [0.2, 0.25) is 5.91 Å². The summed E-state index contributed by atoms with van der Waals surface area (Å²) in [5.74, 6) is 0.707. The normalized spacial score (nSPS) is 10.6. The third kappa shape index (κ3) is 5.87. The zero-order chi connectivity index (χ0) is 18.9. The lowest BCUT2D eigenvalue weighted by Gasteiger charge is -2.08. The van der Waals surface area contributed by atoms with Crippen LogP contribution >= 0.6 is 0 Å². The Hall–Kier alpha value is -2.90. The summed E-state index contributed by atoms with van der Waals surface area (Å²) in [7, 11) is 1.58. The summed E-state index contributed by atoms with van der Waals surface area (Å²) < 4.78 is 6.77. The minimum atomic E-state index is -0.245. The molecule has 2 N–H and O–H groups in total. The number of carbonyl (C=O) groups excluding carboxylic acids is 2. The predicted octanol–water partition coefficient (Wildman–Crippen LogP) is 1.03. The van der Waals surface area contributed by atoms with Crippen LogP contribution in [-0.2, 0) is 17.8 Å². The van der Waals surface area contributed by atoms with Crippen LogP contribution < -0.4 is 15.4 Å². The number of carbonyl (C=O) groups is 2. The molecule has 0 radical (unpaired) electrons. The Bertz CT molecular complexity index is 742. The molecule has 2 rings (SSSR count). The fourth-order valence-corrected chi connectivity index (χ4v) is 2.29. The van der Waals surface area contributed by atoms with Crippen molar-refractivity contribution in [2.75, 3.05) is 20.2 Å². The quantitative estimate of drug-likeness (QED) is 0.697. The Morgan fingerprint density at radius 1 is 1.23 bits per heavy atom. The predicted molar refractivity (Wildman–Crippen MR) is 96.9 cm³/mol. The standard InChI is InChI=1S/C18H25N5O3/c1-13(2)11-20-18(25)15-12-23(22-21-15)9-8-19-17(24)10-14-6-4-5-7-16(14)26-3/h4-7,12-13H,8-11H2,1-3H3,(H,19,24)(H,20,25). The zero-order valence-corrected chi connectivity index (χ0v) is 15.4. The van der Waals surface area contributed by atoms with E-state index in [4.69, 9.17) is 4.74 Å². The number of methoxy groups -OCH3 is 1. The van der Waals surface area contributed by atoms with E-state index < -0.39 is 0 Å². The summed E-state index contributed by atoms with van der Waals surface area (Å²) in [6.07, 6.45) is 1.81. The van der Waals surface area contributed by atoms with Gasteiger partial charge in [-0.25, -0.2) is 4.68 Å². The third-order valence-corrected chi connectivity index (χ3v) is 3.65. The van der Waals surface area contributed by atoms with Crippen molar-refractivity contribution in [2.24, 2.45) is 5.92 Å². The molecule has 2 amide bonds. The third-order valence-electron chi connectivity index (χ3n) is 3.65. The molecular weight excluding hydrogens is 334 g/mol. The molecule has 8 heteroatoms. The number of benzene rings is 1.